The molecule has 0 fully saturated rings. The van der Waals surface area contributed by atoms with E-state index in [4.69, 9.17) is 0 Å². The number of cyclic esters (lactones) is 1. The molecule has 2 unspecified atom stereocenters. The Morgan fingerprint density at radius 1 is 0.870 bits per heavy atom. The molecule has 0 aliphatic carbocycles. The minimum Gasteiger partial charge on any atom is -0.448 e. The van der Waals surface area contributed by atoms with Crippen molar-refractivity contribution in [3.63, 3.8) is 0 Å². The zero-order valence-corrected chi connectivity index (χ0v) is 10.1. The highest BCUT2D eigenvalue weighted by atomic mass is 19.4. The van der Waals surface area contributed by atoms with Gasteiger partial charge in [-0.25, -0.2) is 4.79 Å². The first kappa shape index (κ1) is 19.4. The Kier molecular flexibility index (Phi) is 4.40. The number of hydrogen-bond acceptors (Lipinski definition) is 3. The standard InChI is InChI=1S/C9H3F11O3/c10-5(7(13,14)15,3-1-2-4(21)22-3)23-9(19,20)6(11,12)8(16,17)18/h1-3H. The van der Waals surface area contributed by atoms with Crippen LogP contribution in [0.4, 0.5) is 48.3 Å². The normalized spacial score (nSPS) is 22.9. The lowest BCUT2D eigenvalue weighted by molar-refractivity contribution is -0.489. The van der Waals surface area contributed by atoms with Crippen molar-refractivity contribution in [2.75, 3.05) is 0 Å². The van der Waals surface area contributed by atoms with Gasteiger partial charge >= 0.3 is 36.2 Å². The zero-order chi connectivity index (χ0) is 18.5. The van der Waals surface area contributed by atoms with Crippen molar-refractivity contribution in [1.82, 2.24) is 0 Å². The SMILES string of the molecule is O=C1C=CC(C(F)(OC(F)(F)C(F)(F)C(F)(F)F)C(F)(F)F)O1. The third-order valence-corrected chi connectivity index (χ3v) is 2.40. The van der Waals surface area contributed by atoms with Gasteiger partial charge in [0.15, 0.2) is 6.10 Å². The van der Waals surface area contributed by atoms with Gasteiger partial charge in [-0.05, 0) is 6.08 Å². The van der Waals surface area contributed by atoms with Crippen molar-refractivity contribution < 1.29 is 62.6 Å². The predicted molar refractivity (Wildman–Crippen MR) is 45.9 cm³/mol. The molecular formula is C9H3F11O3. The molecule has 0 aromatic rings. The summed E-state index contributed by atoms with van der Waals surface area (Å²) in [6.45, 7) is 0. The second kappa shape index (κ2) is 5.21. The summed E-state index contributed by atoms with van der Waals surface area (Å²) in [6.07, 6.45) is -23.9. The summed E-state index contributed by atoms with van der Waals surface area (Å²) in [6, 6.07) is 0. The quantitative estimate of drug-likeness (QED) is 0.563. The largest absolute Gasteiger partial charge is 0.462 e. The van der Waals surface area contributed by atoms with E-state index >= 15 is 0 Å². The van der Waals surface area contributed by atoms with E-state index in [0.717, 1.165) is 0 Å². The van der Waals surface area contributed by atoms with Gasteiger partial charge in [0, 0.05) is 6.08 Å². The molecule has 0 N–H and O–H groups in total. The number of esters is 1. The summed E-state index contributed by atoms with van der Waals surface area (Å²) in [5, 5.41) is 0. The third kappa shape index (κ3) is 3.21. The van der Waals surface area contributed by atoms with Crippen molar-refractivity contribution in [2.24, 2.45) is 0 Å². The summed E-state index contributed by atoms with van der Waals surface area (Å²) in [5.41, 5.74) is 0. The van der Waals surface area contributed by atoms with Crippen molar-refractivity contribution in [2.45, 2.75) is 36.3 Å². The molecule has 14 heteroatoms. The number of rotatable bonds is 4. The van der Waals surface area contributed by atoms with E-state index in [-0.39, 0.29) is 12.2 Å². The first-order valence-corrected chi connectivity index (χ1v) is 5.13. The number of carbonyl (C=O) groups is 1. The van der Waals surface area contributed by atoms with Crippen LogP contribution in [-0.4, -0.2) is 42.3 Å². The monoisotopic (exact) mass is 368 g/mol. The molecule has 1 aliphatic heterocycles. The Bertz CT molecular complexity index is 506. The average molecular weight is 368 g/mol. The molecule has 23 heavy (non-hydrogen) atoms. The van der Waals surface area contributed by atoms with Crippen LogP contribution in [0.5, 0.6) is 0 Å². The minimum absolute atomic E-state index is 0.105. The van der Waals surface area contributed by atoms with Crippen LogP contribution in [0.25, 0.3) is 0 Å². The van der Waals surface area contributed by atoms with E-state index in [0.29, 0.717) is 0 Å². The van der Waals surface area contributed by atoms with Crippen LogP contribution >= 0.6 is 0 Å². The zero-order valence-electron chi connectivity index (χ0n) is 10.1. The van der Waals surface area contributed by atoms with Gasteiger partial charge in [-0.3, -0.25) is 4.74 Å². The fourth-order valence-electron chi connectivity index (χ4n) is 1.26. The molecule has 0 saturated heterocycles. The summed E-state index contributed by atoms with van der Waals surface area (Å²) in [5.74, 6) is -14.7. The van der Waals surface area contributed by atoms with Crippen LogP contribution in [-0.2, 0) is 14.3 Å². The van der Waals surface area contributed by atoms with Gasteiger partial charge in [0.05, 0.1) is 0 Å². The van der Waals surface area contributed by atoms with Crippen LogP contribution < -0.4 is 0 Å². The fraction of sp³-hybridized carbons (Fsp3) is 0.667. The maximum absolute atomic E-state index is 13.7. The van der Waals surface area contributed by atoms with E-state index in [1.54, 1.807) is 0 Å². The Morgan fingerprint density at radius 2 is 1.35 bits per heavy atom. The lowest BCUT2D eigenvalue weighted by atomic mass is 10.1. The van der Waals surface area contributed by atoms with Crippen LogP contribution in [0.1, 0.15) is 0 Å². The molecule has 1 aliphatic rings. The smallest absolute Gasteiger partial charge is 0.448 e. The summed E-state index contributed by atoms with van der Waals surface area (Å²) >= 11 is 0. The molecule has 1 heterocycles. The molecule has 0 bridgehead atoms. The predicted octanol–water partition coefficient (Wildman–Crippen LogP) is 3.50. The van der Waals surface area contributed by atoms with E-state index in [1.165, 1.54) is 0 Å². The van der Waals surface area contributed by atoms with E-state index in [9.17, 15) is 53.1 Å². The molecule has 0 aromatic carbocycles. The Hall–Kier alpha value is -1.60. The fourth-order valence-corrected chi connectivity index (χ4v) is 1.26. The maximum atomic E-state index is 13.7. The van der Waals surface area contributed by atoms with Crippen LogP contribution in [0.3, 0.4) is 0 Å². The molecule has 0 aromatic heterocycles. The summed E-state index contributed by atoms with van der Waals surface area (Å²) in [4.78, 5) is 10.5. The minimum atomic E-state index is -7.16. The number of ether oxygens (including phenoxy) is 2. The van der Waals surface area contributed by atoms with Gasteiger partial charge in [0.25, 0.3) is 0 Å². The van der Waals surface area contributed by atoms with Crippen LogP contribution in [0.2, 0.25) is 0 Å². The second-order valence-corrected chi connectivity index (χ2v) is 4.05. The first-order valence-electron chi connectivity index (χ1n) is 5.13. The first-order chi connectivity index (χ1) is 9.96. The lowest BCUT2D eigenvalue weighted by Crippen LogP contribution is -2.62. The second-order valence-electron chi connectivity index (χ2n) is 4.05. The Balaban J connectivity index is 3.27. The number of halogens is 11. The van der Waals surface area contributed by atoms with Crippen molar-refractivity contribution in [3.8, 4) is 0 Å². The molecular weight excluding hydrogens is 365 g/mol. The molecule has 1 rings (SSSR count). The summed E-state index contributed by atoms with van der Waals surface area (Å²) in [7, 11) is 0. The van der Waals surface area contributed by atoms with Crippen molar-refractivity contribution in [3.05, 3.63) is 12.2 Å². The highest BCUT2D eigenvalue weighted by molar-refractivity contribution is 5.84. The van der Waals surface area contributed by atoms with Gasteiger partial charge < -0.3 is 4.74 Å². The molecule has 0 saturated carbocycles. The van der Waals surface area contributed by atoms with E-state index in [1.807, 2.05) is 0 Å². The molecule has 0 spiro atoms. The van der Waals surface area contributed by atoms with E-state index in [2.05, 4.69) is 9.47 Å². The average Bonchev–Trinajstić information content (AvgIpc) is 2.72. The summed E-state index contributed by atoms with van der Waals surface area (Å²) < 4.78 is 143. The molecule has 3 nitrogen and oxygen atoms in total. The van der Waals surface area contributed by atoms with Gasteiger partial charge in [-0.1, -0.05) is 0 Å². The van der Waals surface area contributed by atoms with E-state index < -0.39 is 42.3 Å². The molecule has 0 radical (unpaired) electrons. The van der Waals surface area contributed by atoms with Crippen LogP contribution in [0, 0.1) is 0 Å². The van der Waals surface area contributed by atoms with Gasteiger partial charge in [0.1, 0.15) is 0 Å². The number of hydrogen-bond donors (Lipinski definition) is 0. The molecule has 134 valence electrons. The number of alkyl halides is 11. The Labute approximate surface area is 118 Å². The van der Waals surface area contributed by atoms with Crippen molar-refractivity contribution >= 4 is 5.97 Å². The molecule has 0 amide bonds. The van der Waals surface area contributed by atoms with Gasteiger partial charge in [-0.15, -0.1) is 0 Å². The van der Waals surface area contributed by atoms with Crippen LogP contribution in [0.15, 0.2) is 12.2 Å². The van der Waals surface area contributed by atoms with Crippen molar-refractivity contribution in [1.29, 1.82) is 0 Å². The third-order valence-electron chi connectivity index (χ3n) is 2.40. The highest BCUT2D eigenvalue weighted by Crippen LogP contribution is 2.52. The topological polar surface area (TPSA) is 35.5 Å². The lowest BCUT2D eigenvalue weighted by Gasteiger charge is -2.36. The van der Waals surface area contributed by atoms with Gasteiger partial charge in [0.2, 0.25) is 0 Å². The number of carbonyl (C=O) groups excluding carboxylic acids is 1. The highest BCUT2D eigenvalue weighted by Gasteiger charge is 2.79. The van der Waals surface area contributed by atoms with Gasteiger partial charge in [-0.2, -0.15) is 48.3 Å². The maximum Gasteiger partial charge on any atom is 0.462 e. The Morgan fingerprint density at radius 3 is 1.65 bits per heavy atom. The molecule has 2 atom stereocenters.